The number of hydrogen-bond acceptors (Lipinski definition) is 5. The molecule has 0 saturated heterocycles. The number of carbonyl (C=O) groups is 3. The number of benzene rings is 2. The highest BCUT2D eigenvalue weighted by Crippen LogP contribution is 2.27. The molecule has 0 aliphatic rings. The zero-order valence-electron chi connectivity index (χ0n) is 15.0. The molecule has 2 aromatic carbocycles. The fourth-order valence-corrected chi connectivity index (χ4v) is 3.41. The van der Waals surface area contributed by atoms with Crippen molar-refractivity contribution in [2.24, 2.45) is 0 Å². The Balaban J connectivity index is 1.91. The van der Waals surface area contributed by atoms with E-state index >= 15 is 0 Å². The van der Waals surface area contributed by atoms with E-state index in [1.54, 1.807) is 29.6 Å². The highest BCUT2D eigenvalue weighted by atomic mass is 35.5. The van der Waals surface area contributed by atoms with Crippen LogP contribution in [-0.2, 0) is 4.74 Å². The van der Waals surface area contributed by atoms with Gasteiger partial charge in [0.15, 0.2) is 0 Å². The summed E-state index contributed by atoms with van der Waals surface area (Å²) >= 11 is 13.3. The summed E-state index contributed by atoms with van der Waals surface area (Å²) in [6.07, 6.45) is 0. The number of esters is 1. The van der Waals surface area contributed by atoms with Gasteiger partial charge in [-0.1, -0.05) is 29.3 Å². The lowest BCUT2D eigenvalue weighted by Gasteiger charge is -2.12. The van der Waals surface area contributed by atoms with Crippen LogP contribution in [0.5, 0.6) is 0 Å². The van der Waals surface area contributed by atoms with E-state index in [-0.39, 0.29) is 16.8 Å². The zero-order valence-corrected chi connectivity index (χ0v) is 17.3. The molecule has 1 heterocycles. The van der Waals surface area contributed by atoms with E-state index in [9.17, 15) is 14.4 Å². The Hall–Kier alpha value is -2.87. The summed E-state index contributed by atoms with van der Waals surface area (Å²) in [6.45, 7) is 0. The van der Waals surface area contributed by atoms with Gasteiger partial charge in [0.1, 0.15) is 0 Å². The largest absolute Gasteiger partial charge is 0.465 e. The number of nitrogens with one attached hydrogen (secondary N) is 2. The van der Waals surface area contributed by atoms with Gasteiger partial charge in [-0.15, -0.1) is 11.3 Å². The van der Waals surface area contributed by atoms with Crippen LogP contribution in [0, 0.1) is 0 Å². The summed E-state index contributed by atoms with van der Waals surface area (Å²) in [6, 6.07) is 12.3. The molecule has 2 N–H and O–H groups in total. The lowest BCUT2D eigenvalue weighted by molar-refractivity contribution is 0.0601. The van der Waals surface area contributed by atoms with Crippen molar-refractivity contribution in [2.45, 2.75) is 0 Å². The van der Waals surface area contributed by atoms with Gasteiger partial charge in [-0.3, -0.25) is 9.59 Å². The molecule has 0 fully saturated rings. The molecule has 1 aromatic heterocycles. The van der Waals surface area contributed by atoms with Crippen LogP contribution in [-0.4, -0.2) is 24.9 Å². The third-order valence-corrected chi connectivity index (χ3v) is 5.29. The summed E-state index contributed by atoms with van der Waals surface area (Å²) in [5, 5.41) is 7.80. The van der Waals surface area contributed by atoms with Crippen LogP contribution in [0.3, 0.4) is 0 Å². The zero-order chi connectivity index (χ0) is 21.0. The maximum atomic E-state index is 12.7. The first-order valence-corrected chi connectivity index (χ1v) is 9.86. The fraction of sp³-hybridized carbons (Fsp3) is 0.0500. The Morgan fingerprint density at radius 1 is 0.931 bits per heavy atom. The molecular weight excluding hydrogens is 435 g/mol. The van der Waals surface area contributed by atoms with Gasteiger partial charge in [-0.25, -0.2) is 4.79 Å². The minimum Gasteiger partial charge on any atom is -0.465 e. The quantitative estimate of drug-likeness (QED) is 0.515. The van der Waals surface area contributed by atoms with Crippen LogP contribution in [0.2, 0.25) is 10.0 Å². The van der Waals surface area contributed by atoms with Crippen molar-refractivity contribution >= 4 is 63.7 Å². The molecule has 0 saturated carbocycles. The Kier molecular flexibility index (Phi) is 6.53. The lowest BCUT2D eigenvalue weighted by Crippen LogP contribution is -2.17. The molecule has 0 unspecified atom stereocenters. The van der Waals surface area contributed by atoms with Crippen LogP contribution in [0.1, 0.15) is 30.4 Å². The molecule has 29 heavy (non-hydrogen) atoms. The number of methoxy groups -OCH3 is 1. The van der Waals surface area contributed by atoms with Gasteiger partial charge in [0.05, 0.1) is 33.9 Å². The SMILES string of the molecule is COC(=O)c1ccc(C(=O)Nc2cc(Cl)ccc2Cl)cc1NC(=O)c1cccs1. The molecule has 9 heteroatoms. The predicted octanol–water partition coefficient (Wildman–Crippen LogP) is 5.35. The lowest BCUT2D eigenvalue weighted by atomic mass is 10.1. The second-order valence-electron chi connectivity index (χ2n) is 5.76. The normalized spacial score (nSPS) is 10.3. The van der Waals surface area contributed by atoms with Crippen molar-refractivity contribution in [2.75, 3.05) is 17.7 Å². The van der Waals surface area contributed by atoms with Crippen LogP contribution < -0.4 is 10.6 Å². The Bertz CT molecular complexity index is 1080. The number of halogens is 2. The first kappa shape index (κ1) is 20.9. The topological polar surface area (TPSA) is 84.5 Å². The van der Waals surface area contributed by atoms with Crippen LogP contribution >= 0.6 is 34.5 Å². The molecule has 2 amide bonds. The third-order valence-electron chi connectivity index (χ3n) is 3.86. The van der Waals surface area contributed by atoms with E-state index in [4.69, 9.17) is 27.9 Å². The van der Waals surface area contributed by atoms with E-state index < -0.39 is 17.8 Å². The van der Waals surface area contributed by atoms with Crippen molar-refractivity contribution in [1.29, 1.82) is 0 Å². The van der Waals surface area contributed by atoms with Crippen molar-refractivity contribution in [1.82, 2.24) is 0 Å². The molecule has 0 radical (unpaired) electrons. The first-order valence-electron chi connectivity index (χ1n) is 8.22. The molecule has 0 bridgehead atoms. The van der Waals surface area contributed by atoms with E-state index in [1.165, 1.54) is 42.7 Å². The van der Waals surface area contributed by atoms with Crippen molar-refractivity contribution in [3.63, 3.8) is 0 Å². The smallest absolute Gasteiger partial charge is 0.339 e. The number of ether oxygens (including phenoxy) is 1. The van der Waals surface area contributed by atoms with E-state index in [2.05, 4.69) is 10.6 Å². The number of rotatable bonds is 5. The van der Waals surface area contributed by atoms with Gasteiger partial charge >= 0.3 is 5.97 Å². The molecule has 0 spiro atoms. The summed E-state index contributed by atoms with van der Waals surface area (Å²) in [7, 11) is 1.23. The molecule has 3 aromatic rings. The van der Waals surface area contributed by atoms with E-state index in [1.807, 2.05) is 0 Å². The molecule has 0 aliphatic carbocycles. The van der Waals surface area contributed by atoms with Crippen molar-refractivity contribution in [3.8, 4) is 0 Å². The maximum Gasteiger partial charge on any atom is 0.339 e. The van der Waals surface area contributed by atoms with E-state index in [0.717, 1.165) is 0 Å². The molecule has 3 rings (SSSR count). The second-order valence-corrected chi connectivity index (χ2v) is 7.55. The standard InChI is InChI=1S/C20H14Cl2N2O4S/c1-28-20(27)13-6-4-11(9-15(13)23-19(26)17-3-2-8-29-17)18(25)24-16-10-12(21)5-7-14(16)22/h2-10H,1H3,(H,23,26)(H,24,25). The number of amides is 2. The highest BCUT2D eigenvalue weighted by Gasteiger charge is 2.18. The molecule has 0 atom stereocenters. The second kappa shape index (κ2) is 9.09. The summed E-state index contributed by atoms with van der Waals surface area (Å²) in [4.78, 5) is 37.6. The minimum atomic E-state index is -0.642. The van der Waals surface area contributed by atoms with Crippen molar-refractivity contribution in [3.05, 3.63) is 80.0 Å². The van der Waals surface area contributed by atoms with Crippen LogP contribution in [0.15, 0.2) is 53.9 Å². The van der Waals surface area contributed by atoms with Gasteiger partial charge in [0, 0.05) is 10.6 Å². The fourth-order valence-electron chi connectivity index (χ4n) is 2.46. The summed E-state index contributed by atoms with van der Waals surface area (Å²) < 4.78 is 4.75. The Labute approximate surface area is 180 Å². The predicted molar refractivity (Wildman–Crippen MR) is 114 cm³/mol. The van der Waals surface area contributed by atoms with Gasteiger partial charge < -0.3 is 15.4 Å². The van der Waals surface area contributed by atoms with Gasteiger partial charge in [-0.2, -0.15) is 0 Å². The number of hydrogen-bond donors (Lipinski definition) is 2. The molecule has 0 aliphatic heterocycles. The highest BCUT2D eigenvalue weighted by molar-refractivity contribution is 7.12. The monoisotopic (exact) mass is 448 g/mol. The molecule has 148 valence electrons. The summed E-state index contributed by atoms with van der Waals surface area (Å²) in [5.41, 5.74) is 0.815. The van der Waals surface area contributed by atoms with Crippen LogP contribution in [0.4, 0.5) is 11.4 Å². The number of thiophene rings is 1. The van der Waals surface area contributed by atoms with Crippen molar-refractivity contribution < 1.29 is 19.1 Å². The first-order chi connectivity index (χ1) is 13.9. The van der Waals surface area contributed by atoms with Gasteiger partial charge in [0.25, 0.3) is 11.8 Å². The number of carbonyl (C=O) groups excluding carboxylic acids is 3. The van der Waals surface area contributed by atoms with Crippen LogP contribution in [0.25, 0.3) is 0 Å². The Morgan fingerprint density at radius 3 is 2.38 bits per heavy atom. The summed E-state index contributed by atoms with van der Waals surface area (Å²) in [5.74, 6) is -1.53. The average Bonchev–Trinajstić information content (AvgIpc) is 3.25. The average molecular weight is 449 g/mol. The van der Waals surface area contributed by atoms with Gasteiger partial charge in [-0.05, 0) is 47.8 Å². The van der Waals surface area contributed by atoms with E-state index in [0.29, 0.717) is 20.6 Å². The number of anilines is 2. The minimum absolute atomic E-state index is 0.120. The molecule has 6 nitrogen and oxygen atoms in total. The third kappa shape index (κ3) is 4.95. The van der Waals surface area contributed by atoms with Gasteiger partial charge in [0.2, 0.25) is 0 Å². The Morgan fingerprint density at radius 2 is 1.69 bits per heavy atom. The maximum absolute atomic E-state index is 12.7. The molecular formula is C20H14Cl2N2O4S.